The van der Waals surface area contributed by atoms with Gasteiger partial charge in [-0.15, -0.1) is 0 Å². The predicted molar refractivity (Wildman–Crippen MR) is 277 cm³/mol. The third kappa shape index (κ3) is 6.04. The van der Waals surface area contributed by atoms with Gasteiger partial charge in [0.25, 0.3) is 6.71 Å². The quantitative estimate of drug-likeness (QED) is 0.166. The van der Waals surface area contributed by atoms with Crippen molar-refractivity contribution in [2.24, 2.45) is 0 Å². The SMILES string of the molecule is CC(C)(C)c1ccc2c(c1)B1c3cc(C(C)(C)C)ccc3N(c3cccc4oc5ccccc5c34)c3cc(C(C)(C)C)cc(c31)N2c1ccc(-c2cccc3c2oc2ccccc23)cc1. The van der Waals surface area contributed by atoms with Gasteiger partial charge >= 0.3 is 0 Å². The van der Waals surface area contributed by atoms with Gasteiger partial charge in [0.15, 0.2) is 0 Å². The highest BCUT2D eigenvalue weighted by molar-refractivity contribution is 7.00. The molecule has 0 atom stereocenters. The second-order valence-electron chi connectivity index (χ2n) is 21.4. The second-order valence-corrected chi connectivity index (χ2v) is 21.4. The highest BCUT2D eigenvalue weighted by Crippen LogP contribution is 2.49. The van der Waals surface area contributed by atoms with Gasteiger partial charge in [-0.2, -0.15) is 0 Å². The van der Waals surface area contributed by atoms with Crippen molar-refractivity contribution >= 4 is 101 Å². The van der Waals surface area contributed by atoms with Crippen LogP contribution < -0.4 is 26.2 Å². The normalized spacial score (nSPS) is 13.8. The van der Waals surface area contributed by atoms with Crippen molar-refractivity contribution in [3.05, 3.63) is 174 Å². The highest BCUT2D eigenvalue weighted by atomic mass is 16.3. The van der Waals surface area contributed by atoms with Gasteiger partial charge in [-0.05, 0) is 116 Å². The summed E-state index contributed by atoms with van der Waals surface area (Å²) in [6.07, 6.45) is 0. The van der Waals surface area contributed by atoms with Gasteiger partial charge in [0, 0.05) is 50.2 Å². The van der Waals surface area contributed by atoms with E-state index in [4.69, 9.17) is 8.83 Å². The Morgan fingerprint density at radius 3 is 1.58 bits per heavy atom. The summed E-state index contributed by atoms with van der Waals surface area (Å²) in [6.45, 7) is 21.0. The fourth-order valence-corrected chi connectivity index (χ4v) is 10.6. The number of hydrogen-bond donors (Lipinski definition) is 0. The summed E-state index contributed by atoms with van der Waals surface area (Å²) in [5, 5.41) is 4.52. The van der Waals surface area contributed by atoms with E-state index in [1.54, 1.807) is 0 Å². The van der Waals surface area contributed by atoms with Crippen LogP contribution in [0.2, 0.25) is 0 Å². The Kier molecular flexibility index (Phi) is 8.39. The lowest BCUT2D eigenvalue weighted by Gasteiger charge is -2.45. The van der Waals surface area contributed by atoms with E-state index in [1.165, 1.54) is 55.8 Å². The largest absolute Gasteiger partial charge is 0.456 e. The van der Waals surface area contributed by atoms with Crippen molar-refractivity contribution in [2.45, 2.75) is 78.6 Å². The van der Waals surface area contributed by atoms with Crippen LogP contribution in [0.5, 0.6) is 0 Å². The molecule has 8 aromatic carbocycles. The first-order valence-corrected chi connectivity index (χ1v) is 23.1. The molecule has 0 spiro atoms. The molecule has 0 aliphatic carbocycles. The Morgan fingerprint density at radius 2 is 0.938 bits per heavy atom. The lowest BCUT2D eigenvalue weighted by Crippen LogP contribution is -2.61. The molecule has 0 bridgehead atoms. The molecule has 4 nitrogen and oxygen atoms in total. The zero-order chi connectivity index (χ0) is 44.7. The number of para-hydroxylation sites is 3. The summed E-state index contributed by atoms with van der Waals surface area (Å²) in [5.41, 5.74) is 20.5. The van der Waals surface area contributed by atoms with Crippen molar-refractivity contribution in [1.29, 1.82) is 0 Å². The fourth-order valence-electron chi connectivity index (χ4n) is 10.6. The Labute approximate surface area is 382 Å². The Balaban J connectivity index is 1.15. The number of fused-ring (bicyclic) bond motifs is 10. The topological polar surface area (TPSA) is 32.8 Å². The van der Waals surface area contributed by atoms with Gasteiger partial charge in [-0.25, -0.2) is 0 Å². The van der Waals surface area contributed by atoms with Gasteiger partial charge in [0.2, 0.25) is 0 Å². The number of hydrogen-bond acceptors (Lipinski definition) is 4. The lowest BCUT2D eigenvalue weighted by molar-refractivity contribution is 0.590. The number of nitrogens with zero attached hydrogens (tertiary/aromatic N) is 2. The van der Waals surface area contributed by atoms with E-state index in [-0.39, 0.29) is 23.0 Å². The molecule has 0 saturated heterocycles. The van der Waals surface area contributed by atoms with Gasteiger partial charge in [0.05, 0.1) is 11.1 Å². The molecule has 0 fully saturated rings. The molecular formula is C60H53BN2O2. The molecule has 0 N–H and O–H groups in total. The molecule has 0 radical (unpaired) electrons. The minimum absolute atomic E-state index is 0.0126. The van der Waals surface area contributed by atoms with Gasteiger partial charge in [-0.3, -0.25) is 0 Å². The second kappa shape index (κ2) is 13.8. The van der Waals surface area contributed by atoms with E-state index in [0.717, 1.165) is 66.4 Å². The molecule has 0 amide bonds. The maximum Gasteiger partial charge on any atom is 0.252 e. The van der Waals surface area contributed by atoms with Crippen molar-refractivity contribution in [2.75, 3.05) is 9.80 Å². The van der Waals surface area contributed by atoms with Crippen molar-refractivity contribution in [3.8, 4) is 11.1 Å². The Bertz CT molecular complexity index is 3570. The van der Waals surface area contributed by atoms with Gasteiger partial charge in [-0.1, -0.05) is 159 Å². The van der Waals surface area contributed by atoms with E-state index in [9.17, 15) is 0 Å². The van der Waals surface area contributed by atoms with Crippen LogP contribution in [0.25, 0.3) is 55.0 Å². The molecule has 4 heterocycles. The van der Waals surface area contributed by atoms with Crippen LogP contribution in [0.1, 0.15) is 79.0 Å². The van der Waals surface area contributed by atoms with E-state index >= 15 is 0 Å². The molecule has 2 aliphatic rings. The summed E-state index contributed by atoms with van der Waals surface area (Å²) in [5.74, 6) is 0. The number of anilines is 6. The maximum atomic E-state index is 6.58. The fraction of sp³-hybridized carbons (Fsp3) is 0.200. The molecule has 12 rings (SSSR count). The van der Waals surface area contributed by atoms with Crippen LogP contribution in [-0.4, -0.2) is 6.71 Å². The Morgan fingerprint density at radius 1 is 0.400 bits per heavy atom. The van der Waals surface area contributed by atoms with Crippen LogP contribution >= 0.6 is 0 Å². The molecule has 10 aromatic rings. The van der Waals surface area contributed by atoms with Crippen molar-refractivity contribution in [3.63, 3.8) is 0 Å². The van der Waals surface area contributed by atoms with Crippen LogP contribution in [0, 0.1) is 0 Å². The standard InChI is InChI=1S/C60H53BN2O2/c1-58(2,3)37-26-30-47-45(32-37)61-46-33-38(59(4,5)6)27-31-48(46)63(49-20-15-23-54-55(49)44-17-11-13-22-53(44)64-54)51-35-39(60(7,8)9)34-50(56(51)61)62(47)40-28-24-36(25-29-40)41-18-14-19-43-42-16-10-12-21-52(42)65-57(41)43/h10-35H,1-9H3. The summed E-state index contributed by atoms with van der Waals surface area (Å²) in [4.78, 5) is 5.10. The van der Waals surface area contributed by atoms with Crippen LogP contribution in [-0.2, 0) is 16.2 Å². The smallest absolute Gasteiger partial charge is 0.252 e. The van der Waals surface area contributed by atoms with Crippen LogP contribution in [0.3, 0.4) is 0 Å². The average Bonchev–Trinajstić information content (AvgIpc) is 3.87. The van der Waals surface area contributed by atoms with Crippen LogP contribution in [0.4, 0.5) is 34.1 Å². The Hall–Kier alpha value is -6.98. The lowest BCUT2D eigenvalue weighted by atomic mass is 9.33. The molecule has 5 heteroatoms. The van der Waals surface area contributed by atoms with Crippen LogP contribution in [0.15, 0.2) is 167 Å². The van der Waals surface area contributed by atoms with Gasteiger partial charge < -0.3 is 18.6 Å². The monoisotopic (exact) mass is 844 g/mol. The number of rotatable bonds is 3. The third-order valence-corrected chi connectivity index (χ3v) is 14.1. The summed E-state index contributed by atoms with van der Waals surface area (Å²) >= 11 is 0. The molecule has 0 saturated carbocycles. The summed E-state index contributed by atoms with van der Waals surface area (Å²) < 4.78 is 13.1. The minimum atomic E-state index is -0.144. The van der Waals surface area contributed by atoms with Gasteiger partial charge in [0.1, 0.15) is 22.3 Å². The number of benzene rings is 8. The first-order valence-electron chi connectivity index (χ1n) is 23.1. The maximum absolute atomic E-state index is 6.58. The summed E-state index contributed by atoms with van der Waals surface area (Å²) in [6, 6.07) is 58.5. The number of furan rings is 2. The average molecular weight is 845 g/mol. The minimum Gasteiger partial charge on any atom is -0.456 e. The summed E-state index contributed by atoms with van der Waals surface area (Å²) in [7, 11) is 0. The molecule has 318 valence electrons. The molecular weight excluding hydrogens is 791 g/mol. The van der Waals surface area contributed by atoms with Crippen molar-refractivity contribution in [1.82, 2.24) is 0 Å². The zero-order valence-electron chi connectivity index (χ0n) is 38.8. The predicted octanol–water partition coefficient (Wildman–Crippen LogP) is 15.1. The first-order chi connectivity index (χ1) is 31.1. The molecule has 2 aliphatic heterocycles. The zero-order valence-corrected chi connectivity index (χ0v) is 38.8. The molecule has 2 aromatic heterocycles. The van der Waals surface area contributed by atoms with E-state index in [0.29, 0.717) is 0 Å². The van der Waals surface area contributed by atoms with E-state index < -0.39 is 0 Å². The van der Waals surface area contributed by atoms with E-state index in [1.807, 2.05) is 6.07 Å². The third-order valence-electron chi connectivity index (χ3n) is 14.1. The van der Waals surface area contributed by atoms with E-state index in [2.05, 4.69) is 224 Å². The van der Waals surface area contributed by atoms with Crippen molar-refractivity contribution < 1.29 is 8.83 Å². The highest BCUT2D eigenvalue weighted by Gasteiger charge is 2.45. The molecule has 65 heavy (non-hydrogen) atoms. The molecule has 0 unspecified atom stereocenters. The first kappa shape index (κ1) is 39.6.